The van der Waals surface area contributed by atoms with Crippen LogP contribution in [0, 0.1) is 10.1 Å². The summed E-state index contributed by atoms with van der Waals surface area (Å²) in [6, 6.07) is 9.04. The van der Waals surface area contributed by atoms with Gasteiger partial charge in [-0.15, -0.1) is 10.2 Å². The van der Waals surface area contributed by atoms with E-state index in [4.69, 9.17) is 23.1 Å². The first-order valence-corrected chi connectivity index (χ1v) is 7.53. The average Bonchev–Trinajstić information content (AvgIpc) is 2.62. The van der Waals surface area contributed by atoms with Gasteiger partial charge in [0.2, 0.25) is 0 Å². The van der Waals surface area contributed by atoms with Gasteiger partial charge in [0.15, 0.2) is 23.1 Å². The molecule has 2 heterocycles. The van der Waals surface area contributed by atoms with Crippen LogP contribution in [0.3, 0.4) is 0 Å². The Labute approximate surface area is 151 Å². The number of rotatable bonds is 4. The van der Waals surface area contributed by atoms with E-state index >= 15 is 0 Å². The Morgan fingerprint density at radius 3 is 2.38 bits per heavy atom. The Kier molecular flexibility index (Phi) is 4.67. The van der Waals surface area contributed by atoms with Crippen LogP contribution in [-0.2, 0) is 0 Å². The zero-order valence-corrected chi connectivity index (χ0v) is 13.8. The summed E-state index contributed by atoms with van der Waals surface area (Å²) in [5.74, 6) is 0.285. The molecule has 0 atom stereocenters. The summed E-state index contributed by atoms with van der Waals surface area (Å²) in [7, 11) is 0. The molecule has 0 aliphatic carbocycles. The van der Waals surface area contributed by atoms with E-state index in [1.54, 1.807) is 24.4 Å². The van der Waals surface area contributed by atoms with Crippen molar-refractivity contribution < 1.29 is 4.92 Å². The number of nitrogens with zero attached hydrogens (tertiary/aromatic N) is 6. The quantitative estimate of drug-likeness (QED) is 0.402. The van der Waals surface area contributed by atoms with Crippen molar-refractivity contribution in [2.24, 2.45) is 10.2 Å². The predicted octanol–water partition coefficient (Wildman–Crippen LogP) is 3.68. The summed E-state index contributed by atoms with van der Waals surface area (Å²) in [4.78, 5) is 22.5. The molecule has 0 saturated carbocycles. The number of nitrogen functional groups attached to an aromatic ring is 2. The molecule has 0 unspecified atom stereocenters. The maximum absolute atomic E-state index is 10.7. The first-order chi connectivity index (χ1) is 12.5. The van der Waals surface area contributed by atoms with E-state index in [1.165, 1.54) is 18.2 Å². The fourth-order valence-electron chi connectivity index (χ4n) is 2.00. The molecule has 3 aromatic rings. The summed E-state index contributed by atoms with van der Waals surface area (Å²) in [5, 5.41) is 18.6. The molecular weight excluding hydrogens is 360 g/mol. The van der Waals surface area contributed by atoms with Crippen molar-refractivity contribution in [3.05, 3.63) is 57.7 Å². The Balaban J connectivity index is 1.93. The zero-order valence-electron chi connectivity index (χ0n) is 13.1. The van der Waals surface area contributed by atoms with Crippen molar-refractivity contribution in [2.45, 2.75) is 0 Å². The number of hydrogen-bond acceptors (Lipinski definition) is 9. The molecular formula is C15H11ClN8O2. The molecule has 4 N–H and O–H groups in total. The molecule has 26 heavy (non-hydrogen) atoms. The van der Waals surface area contributed by atoms with Gasteiger partial charge in [0.25, 0.3) is 5.69 Å². The standard InChI is InChI=1S/C15H11ClN8O2/c16-9-7-8(24(25)26)4-5-10(9)22-23-12-13(17)20-15(21-14(12)18)11-3-1-2-6-19-11/h1-7H,(H4,17,18,20,21)/b23-22+. The van der Waals surface area contributed by atoms with Crippen LogP contribution in [0.25, 0.3) is 11.5 Å². The Hall–Kier alpha value is -3.66. The maximum atomic E-state index is 10.7. The molecule has 0 aliphatic heterocycles. The van der Waals surface area contributed by atoms with Gasteiger partial charge in [0, 0.05) is 18.3 Å². The summed E-state index contributed by atoms with van der Waals surface area (Å²) >= 11 is 5.96. The maximum Gasteiger partial charge on any atom is 0.271 e. The van der Waals surface area contributed by atoms with Crippen molar-refractivity contribution >= 4 is 40.3 Å². The molecule has 0 fully saturated rings. The number of anilines is 2. The van der Waals surface area contributed by atoms with Crippen LogP contribution in [0.1, 0.15) is 0 Å². The molecule has 0 radical (unpaired) electrons. The lowest BCUT2D eigenvalue weighted by atomic mass is 10.3. The molecule has 130 valence electrons. The second-order valence-electron chi connectivity index (χ2n) is 4.97. The van der Waals surface area contributed by atoms with Crippen LogP contribution in [0.4, 0.5) is 28.7 Å². The highest BCUT2D eigenvalue weighted by Gasteiger charge is 2.13. The molecule has 0 bridgehead atoms. The smallest absolute Gasteiger partial charge is 0.271 e. The summed E-state index contributed by atoms with van der Waals surface area (Å²) < 4.78 is 0. The summed E-state index contributed by atoms with van der Waals surface area (Å²) in [6.07, 6.45) is 1.59. The lowest BCUT2D eigenvalue weighted by molar-refractivity contribution is -0.384. The fourth-order valence-corrected chi connectivity index (χ4v) is 2.21. The Bertz CT molecular complexity index is 987. The molecule has 0 aliphatic rings. The van der Waals surface area contributed by atoms with Gasteiger partial charge in [0.05, 0.1) is 9.95 Å². The number of halogens is 1. The van der Waals surface area contributed by atoms with Crippen molar-refractivity contribution in [3.63, 3.8) is 0 Å². The number of nitro benzene ring substituents is 1. The Morgan fingerprint density at radius 1 is 1.08 bits per heavy atom. The van der Waals surface area contributed by atoms with E-state index in [2.05, 4.69) is 25.2 Å². The van der Waals surface area contributed by atoms with Crippen LogP contribution in [0.5, 0.6) is 0 Å². The minimum absolute atomic E-state index is 0.0138. The normalized spacial score (nSPS) is 11.0. The number of non-ortho nitro benzene ring substituents is 1. The third-order valence-corrected chi connectivity index (χ3v) is 3.53. The second kappa shape index (κ2) is 7.07. The van der Waals surface area contributed by atoms with E-state index in [0.29, 0.717) is 5.69 Å². The molecule has 0 saturated heterocycles. The van der Waals surface area contributed by atoms with E-state index in [1.807, 2.05) is 0 Å². The lowest BCUT2D eigenvalue weighted by Crippen LogP contribution is -2.02. The number of pyridine rings is 1. The minimum Gasteiger partial charge on any atom is -0.382 e. The minimum atomic E-state index is -0.563. The molecule has 11 heteroatoms. The number of hydrogen-bond donors (Lipinski definition) is 2. The van der Waals surface area contributed by atoms with Gasteiger partial charge in [-0.1, -0.05) is 17.7 Å². The summed E-state index contributed by atoms with van der Waals surface area (Å²) in [6.45, 7) is 0. The third-order valence-electron chi connectivity index (χ3n) is 3.23. The number of nitro groups is 1. The highest BCUT2D eigenvalue weighted by atomic mass is 35.5. The molecule has 0 spiro atoms. The van der Waals surface area contributed by atoms with Gasteiger partial charge < -0.3 is 11.5 Å². The molecule has 2 aromatic heterocycles. The number of aromatic nitrogens is 3. The molecule has 3 rings (SSSR count). The predicted molar refractivity (Wildman–Crippen MR) is 96.4 cm³/mol. The van der Waals surface area contributed by atoms with Gasteiger partial charge in [-0.25, -0.2) is 9.97 Å². The largest absolute Gasteiger partial charge is 0.382 e. The molecule has 1 aromatic carbocycles. The third kappa shape index (κ3) is 3.54. The van der Waals surface area contributed by atoms with Gasteiger partial charge in [0.1, 0.15) is 11.4 Å². The number of benzene rings is 1. The van der Waals surface area contributed by atoms with E-state index in [9.17, 15) is 10.1 Å². The van der Waals surface area contributed by atoms with Crippen molar-refractivity contribution in [3.8, 4) is 11.5 Å². The monoisotopic (exact) mass is 370 g/mol. The lowest BCUT2D eigenvalue weighted by Gasteiger charge is -2.05. The van der Waals surface area contributed by atoms with Crippen molar-refractivity contribution in [2.75, 3.05) is 11.5 Å². The second-order valence-corrected chi connectivity index (χ2v) is 5.38. The zero-order chi connectivity index (χ0) is 18.7. The van der Waals surface area contributed by atoms with Crippen LogP contribution in [0.2, 0.25) is 5.02 Å². The fraction of sp³-hybridized carbons (Fsp3) is 0. The average molecular weight is 371 g/mol. The van der Waals surface area contributed by atoms with E-state index < -0.39 is 4.92 Å². The van der Waals surface area contributed by atoms with E-state index in [-0.39, 0.29) is 39.5 Å². The van der Waals surface area contributed by atoms with Crippen LogP contribution in [0.15, 0.2) is 52.8 Å². The van der Waals surface area contributed by atoms with Gasteiger partial charge in [-0.05, 0) is 18.2 Å². The topological polar surface area (TPSA) is 159 Å². The van der Waals surface area contributed by atoms with Crippen molar-refractivity contribution in [1.82, 2.24) is 15.0 Å². The van der Waals surface area contributed by atoms with E-state index in [0.717, 1.165) is 0 Å². The van der Waals surface area contributed by atoms with Crippen LogP contribution in [-0.4, -0.2) is 19.9 Å². The molecule has 0 amide bonds. The van der Waals surface area contributed by atoms with Crippen LogP contribution >= 0.6 is 11.6 Å². The van der Waals surface area contributed by atoms with Crippen molar-refractivity contribution in [1.29, 1.82) is 0 Å². The van der Waals surface area contributed by atoms with Crippen LogP contribution < -0.4 is 11.5 Å². The first kappa shape index (κ1) is 17.2. The van der Waals surface area contributed by atoms with Gasteiger partial charge >= 0.3 is 0 Å². The number of nitrogens with two attached hydrogens (primary N) is 2. The highest BCUT2D eigenvalue weighted by molar-refractivity contribution is 6.33. The molecule has 10 nitrogen and oxygen atoms in total. The SMILES string of the molecule is Nc1nc(-c2ccccn2)nc(N)c1/N=N/c1ccc([N+](=O)[O-])cc1Cl. The summed E-state index contributed by atoms with van der Waals surface area (Å²) in [5.41, 5.74) is 12.4. The highest BCUT2D eigenvalue weighted by Crippen LogP contribution is 2.33. The number of azo groups is 1. The van der Waals surface area contributed by atoms with Gasteiger partial charge in [-0.2, -0.15) is 0 Å². The first-order valence-electron chi connectivity index (χ1n) is 7.16. The van der Waals surface area contributed by atoms with Gasteiger partial charge in [-0.3, -0.25) is 15.1 Å². The Morgan fingerprint density at radius 2 is 1.81 bits per heavy atom.